The van der Waals surface area contributed by atoms with Crippen molar-refractivity contribution in [3.63, 3.8) is 0 Å². The molecule has 9 heteroatoms. The average molecular weight is 433 g/mol. The van der Waals surface area contributed by atoms with Crippen LogP contribution in [0.4, 0.5) is 11.8 Å². The molecule has 0 saturated heterocycles. The maximum Gasteiger partial charge on any atom is 0.228 e. The van der Waals surface area contributed by atoms with Gasteiger partial charge in [-0.2, -0.15) is 10.2 Å². The Kier molecular flexibility index (Phi) is 5.43. The minimum Gasteiger partial charge on any atom is -0.487 e. The fourth-order valence-electron chi connectivity index (χ4n) is 2.99. The lowest BCUT2D eigenvalue weighted by Gasteiger charge is -2.08. The van der Waals surface area contributed by atoms with Crippen molar-refractivity contribution in [1.82, 2.24) is 15.0 Å². The molecule has 8 nitrogen and oxygen atoms in total. The van der Waals surface area contributed by atoms with Gasteiger partial charge in [-0.3, -0.25) is 0 Å². The van der Waals surface area contributed by atoms with E-state index in [4.69, 9.17) is 32.2 Å². The van der Waals surface area contributed by atoms with Gasteiger partial charge in [-0.25, -0.2) is 9.97 Å². The maximum absolute atomic E-state index is 9.34. The predicted octanol–water partition coefficient (Wildman–Crippen LogP) is 4.38. The summed E-state index contributed by atoms with van der Waals surface area (Å²) in [6, 6.07) is 16.4. The van der Waals surface area contributed by atoms with Gasteiger partial charge in [-0.1, -0.05) is 23.7 Å². The van der Waals surface area contributed by atoms with Crippen LogP contribution in [-0.2, 0) is 6.61 Å². The van der Waals surface area contributed by atoms with E-state index in [-0.39, 0.29) is 23.9 Å². The number of nitrogens with two attached hydrogens (primary N) is 2. The second-order valence-electron chi connectivity index (χ2n) is 6.62. The molecule has 0 radical (unpaired) electrons. The van der Waals surface area contributed by atoms with Crippen molar-refractivity contribution in [2.45, 2.75) is 13.5 Å². The van der Waals surface area contributed by atoms with Crippen LogP contribution in [-0.4, -0.2) is 15.0 Å². The van der Waals surface area contributed by atoms with Crippen molar-refractivity contribution in [3.8, 4) is 34.5 Å². The fourth-order valence-corrected chi connectivity index (χ4v) is 3.20. The first-order valence-corrected chi connectivity index (χ1v) is 9.61. The molecule has 0 aliphatic heterocycles. The van der Waals surface area contributed by atoms with Gasteiger partial charge in [0, 0.05) is 5.56 Å². The second-order valence-corrected chi connectivity index (χ2v) is 7.02. The van der Waals surface area contributed by atoms with Gasteiger partial charge in [0.05, 0.1) is 16.3 Å². The van der Waals surface area contributed by atoms with Crippen LogP contribution in [0.15, 0.2) is 52.9 Å². The quantitative estimate of drug-likeness (QED) is 0.474. The van der Waals surface area contributed by atoms with Crippen molar-refractivity contribution >= 4 is 23.4 Å². The van der Waals surface area contributed by atoms with Gasteiger partial charge in [0.15, 0.2) is 0 Å². The molecule has 0 bridgehead atoms. The zero-order valence-electron chi connectivity index (χ0n) is 16.5. The number of nitrogen functional groups attached to an aromatic ring is 2. The third-order valence-electron chi connectivity index (χ3n) is 4.57. The number of anilines is 2. The predicted molar refractivity (Wildman–Crippen MR) is 117 cm³/mol. The summed E-state index contributed by atoms with van der Waals surface area (Å²) in [5.41, 5.74) is 14.1. The standard InChI is InChI=1S/C22H17ClN6O2/c1-12-18(27-21(31-12)15-4-2-3-5-17(15)23)11-30-14-8-6-13(7-9-14)19-16(10-24)20(25)29-22(26)28-19/h2-9H,11H2,1H3,(H4,25,26,28,29). The maximum atomic E-state index is 9.34. The first-order valence-electron chi connectivity index (χ1n) is 9.23. The smallest absolute Gasteiger partial charge is 0.228 e. The topological polar surface area (TPSA) is 137 Å². The number of benzene rings is 2. The van der Waals surface area contributed by atoms with E-state index in [2.05, 4.69) is 15.0 Å². The molecule has 0 atom stereocenters. The zero-order chi connectivity index (χ0) is 22.0. The highest BCUT2D eigenvalue weighted by Gasteiger charge is 2.15. The normalized spacial score (nSPS) is 10.6. The molecule has 0 fully saturated rings. The SMILES string of the molecule is Cc1oc(-c2ccccc2Cl)nc1COc1ccc(-c2nc(N)nc(N)c2C#N)cc1. The van der Waals surface area contributed by atoms with E-state index in [1.165, 1.54) is 0 Å². The molecule has 0 spiro atoms. The molecule has 0 amide bonds. The highest BCUT2D eigenvalue weighted by molar-refractivity contribution is 6.33. The third kappa shape index (κ3) is 4.13. The molecule has 4 aromatic rings. The lowest BCUT2D eigenvalue weighted by molar-refractivity contribution is 0.299. The van der Waals surface area contributed by atoms with Gasteiger partial charge >= 0.3 is 0 Å². The number of ether oxygens (including phenoxy) is 1. The number of nitriles is 1. The van der Waals surface area contributed by atoms with Crippen LogP contribution in [0.2, 0.25) is 5.02 Å². The highest BCUT2D eigenvalue weighted by Crippen LogP contribution is 2.30. The molecule has 0 aliphatic carbocycles. The molecule has 2 heterocycles. The van der Waals surface area contributed by atoms with E-state index in [9.17, 15) is 5.26 Å². The average Bonchev–Trinajstić information content (AvgIpc) is 3.12. The lowest BCUT2D eigenvalue weighted by atomic mass is 10.1. The van der Waals surface area contributed by atoms with Gasteiger partial charge in [0.2, 0.25) is 11.8 Å². The van der Waals surface area contributed by atoms with E-state index in [0.29, 0.717) is 39.4 Å². The molecule has 31 heavy (non-hydrogen) atoms. The minimum absolute atomic E-state index is 0.00246. The number of oxazole rings is 1. The van der Waals surface area contributed by atoms with Crippen molar-refractivity contribution in [3.05, 3.63) is 70.6 Å². The number of aromatic nitrogens is 3. The Bertz CT molecular complexity index is 1290. The molecule has 154 valence electrons. The van der Waals surface area contributed by atoms with E-state index in [0.717, 1.165) is 5.56 Å². The lowest BCUT2D eigenvalue weighted by Crippen LogP contribution is -2.05. The fraction of sp³-hybridized carbons (Fsp3) is 0.0909. The Labute approximate surface area is 183 Å². The third-order valence-corrected chi connectivity index (χ3v) is 4.90. The number of nitrogens with zero attached hydrogens (tertiary/aromatic N) is 4. The molecular weight excluding hydrogens is 416 g/mol. The van der Waals surface area contributed by atoms with Crippen molar-refractivity contribution in [2.75, 3.05) is 11.5 Å². The van der Waals surface area contributed by atoms with E-state index < -0.39 is 0 Å². The summed E-state index contributed by atoms with van der Waals surface area (Å²) in [6.45, 7) is 2.04. The number of aryl methyl sites for hydroxylation is 1. The highest BCUT2D eigenvalue weighted by atomic mass is 35.5. The van der Waals surface area contributed by atoms with Crippen LogP contribution in [0.1, 0.15) is 17.0 Å². The molecule has 2 aromatic carbocycles. The van der Waals surface area contributed by atoms with Crippen LogP contribution >= 0.6 is 11.6 Å². The van der Waals surface area contributed by atoms with Gasteiger partial charge in [0.25, 0.3) is 0 Å². The van der Waals surface area contributed by atoms with Crippen LogP contribution < -0.4 is 16.2 Å². The summed E-state index contributed by atoms with van der Waals surface area (Å²) in [6.07, 6.45) is 0. The molecular formula is C22H17ClN6O2. The summed E-state index contributed by atoms with van der Waals surface area (Å²) >= 11 is 6.22. The van der Waals surface area contributed by atoms with Crippen molar-refractivity contribution in [1.29, 1.82) is 5.26 Å². The molecule has 2 aromatic heterocycles. The molecule has 0 saturated carbocycles. The second kappa shape index (κ2) is 8.34. The largest absolute Gasteiger partial charge is 0.487 e. The first-order chi connectivity index (χ1) is 15.0. The Hall–Kier alpha value is -4.09. The van der Waals surface area contributed by atoms with E-state index in [1.807, 2.05) is 31.2 Å². The summed E-state index contributed by atoms with van der Waals surface area (Å²) in [4.78, 5) is 12.5. The molecule has 4 rings (SSSR count). The van der Waals surface area contributed by atoms with Gasteiger partial charge in [-0.15, -0.1) is 0 Å². The van der Waals surface area contributed by atoms with Gasteiger partial charge in [0.1, 0.15) is 41.3 Å². The number of halogens is 1. The van der Waals surface area contributed by atoms with Gasteiger partial charge in [-0.05, 0) is 43.3 Å². The Morgan fingerprint density at radius 1 is 1.06 bits per heavy atom. The van der Waals surface area contributed by atoms with Crippen molar-refractivity contribution in [2.24, 2.45) is 0 Å². The minimum atomic E-state index is 0.00246. The molecule has 0 aliphatic rings. The molecule has 0 unspecified atom stereocenters. The monoisotopic (exact) mass is 432 g/mol. The first kappa shape index (κ1) is 20.2. The van der Waals surface area contributed by atoms with Crippen molar-refractivity contribution < 1.29 is 9.15 Å². The van der Waals surface area contributed by atoms with E-state index >= 15 is 0 Å². The number of hydrogen-bond acceptors (Lipinski definition) is 8. The molecule has 4 N–H and O–H groups in total. The summed E-state index contributed by atoms with van der Waals surface area (Å²) in [5, 5.41) is 9.91. The van der Waals surface area contributed by atoms with Gasteiger partial charge < -0.3 is 20.6 Å². The van der Waals surface area contributed by atoms with Crippen LogP contribution in [0.5, 0.6) is 5.75 Å². The number of rotatable bonds is 5. The summed E-state index contributed by atoms with van der Waals surface area (Å²) in [5.74, 6) is 1.75. The Morgan fingerprint density at radius 2 is 1.81 bits per heavy atom. The number of hydrogen-bond donors (Lipinski definition) is 2. The zero-order valence-corrected chi connectivity index (χ0v) is 17.2. The summed E-state index contributed by atoms with van der Waals surface area (Å²) in [7, 11) is 0. The Balaban J connectivity index is 1.52. The summed E-state index contributed by atoms with van der Waals surface area (Å²) < 4.78 is 11.6. The van der Waals surface area contributed by atoms with Crippen LogP contribution in [0, 0.1) is 18.3 Å². The van der Waals surface area contributed by atoms with E-state index in [1.54, 1.807) is 30.3 Å². The van der Waals surface area contributed by atoms with Crippen LogP contribution in [0.25, 0.3) is 22.7 Å². The Morgan fingerprint density at radius 3 is 2.52 bits per heavy atom. The van der Waals surface area contributed by atoms with Crippen LogP contribution in [0.3, 0.4) is 0 Å².